The van der Waals surface area contributed by atoms with Crippen molar-refractivity contribution >= 4 is 38.9 Å². The molecule has 0 aliphatic carbocycles. The van der Waals surface area contributed by atoms with E-state index in [9.17, 15) is 18.0 Å². The molecular weight excluding hydrogens is 388 g/mol. The zero-order chi connectivity index (χ0) is 19.6. The fourth-order valence-electron chi connectivity index (χ4n) is 2.93. The third-order valence-corrected chi connectivity index (χ3v) is 5.95. The van der Waals surface area contributed by atoms with Crippen LogP contribution in [0.1, 0.15) is 28.8 Å². The average molecular weight is 407 g/mol. The fraction of sp³-hybridized carbons (Fsp3) is 0.263. The van der Waals surface area contributed by atoms with Crippen molar-refractivity contribution in [3.8, 4) is 0 Å². The first-order valence-corrected chi connectivity index (χ1v) is 10.7. The molecule has 0 radical (unpaired) electrons. The van der Waals surface area contributed by atoms with Gasteiger partial charge in [-0.2, -0.15) is 0 Å². The van der Waals surface area contributed by atoms with Gasteiger partial charge in [-0.05, 0) is 42.3 Å². The fourth-order valence-corrected chi connectivity index (χ4v) is 4.23. The second-order valence-corrected chi connectivity index (χ2v) is 8.81. The highest BCUT2D eigenvalue weighted by atomic mass is 35.5. The van der Waals surface area contributed by atoms with Gasteiger partial charge in [0.05, 0.1) is 9.92 Å². The van der Waals surface area contributed by atoms with E-state index in [0.717, 1.165) is 30.5 Å². The molecule has 0 bridgehead atoms. The summed E-state index contributed by atoms with van der Waals surface area (Å²) in [6.07, 6.45) is 2.49. The molecule has 0 unspecified atom stereocenters. The summed E-state index contributed by atoms with van der Waals surface area (Å²) in [7, 11) is -3.52. The lowest BCUT2D eigenvalue weighted by Gasteiger charge is -2.16. The Balaban J connectivity index is 1.66. The molecule has 0 aromatic heterocycles. The van der Waals surface area contributed by atoms with Crippen molar-refractivity contribution in [3.63, 3.8) is 0 Å². The molecule has 8 heteroatoms. The minimum atomic E-state index is -3.52. The van der Waals surface area contributed by atoms with Gasteiger partial charge in [-0.15, -0.1) is 0 Å². The topological polar surface area (TPSA) is 83.6 Å². The first-order valence-electron chi connectivity index (χ1n) is 8.43. The van der Waals surface area contributed by atoms with E-state index in [0.29, 0.717) is 6.42 Å². The number of carbonyl (C=O) groups excluding carboxylic acids is 2. The predicted molar refractivity (Wildman–Crippen MR) is 104 cm³/mol. The SMILES string of the molecule is CS(=O)(=O)c1cc(C(=O)NCc2ccc(N3CCCC3=O)cc2)ccc1Cl. The number of halogens is 1. The Kier molecular flexibility index (Phi) is 5.53. The summed E-state index contributed by atoms with van der Waals surface area (Å²) in [4.78, 5) is 25.8. The number of carbonyl (C=O) groups is 2. The molecule has 1 saturated heterocycles. The molecule has 1 N–H and O–H groups in total. The average Bonchev–Trinajstić information content (AvgIpc) is 3.05. The van der Waals surface area contributed by atoms with Gasteiger partial charge in [0.1, 0.15) is 0 Å². The van der Waals surface area contributed by atoms with Crippen molar-refractivity contribution in [3.05, 3.63) is 58.6 Å². The maximum Gasteiger partial charge on any atom is 0.251 e. The van der Waals surface area contributed by atoms with Crippen LogP contribution in [0.4, 0.5) is 5.69 Å². The van der Waals surface area contributed by atoms with E-state index in [2.05, 4.69) is 5.32 Å². The zero-order valence-electron chi connectivity index (χ0n) is 14.7. The van der Waals surface area contributed by atoms with Crippen molar-refractivity contribution in [2.45, 2.75) is 24.3 Å². The Morgan fingerprint density at radius 2 is 1.89 bits per heavy atom. The van der Waals surface area contributed by atoms with Crippen molar-refractivity contribution in [1.82, 2.24) is 5.32 Å². The molecule has 142 valence electrons. The number of nitrogens with one attached hydrogen (secondary N) is 1. The molecule has 1 aliphatic heterocycles. The number of amides is 2. The molecule has 2 aromatic carbocycles. The summed E-state index contributed by atoms with van der Waals surface area (Å²) >= 11 is 5.90. The minimum absolute atomic E-state index is 0.0727. The third-order valence-electron chi connectivity index (χ3n) is 4.37. The standard InChI is InChI=1S/C19H19ClN2O4S/c1-27(25,26)17-11-14(6-9-16(17)20)19(24)21-12-13-4-7-15(8-5-13)22-10-2-3-18(22)23/h4-9,11H,2-3,10,12H2,1H3,(H,21,24). The Labute approximate surface area is 163 Å². The van der Waals surface area contributed by atoms with Crippen molar-refractivity contribution in [2.75, 3.05) is 17.7 Å². The van der Waals surface area contributed by atoms with Crippen LogP contribution in [0.15, 0.2) is 47.4 Å². The van der Waals surface area contributed by atoms with E-state index in [1.807, 2.05) is 24.3 Å². The minimum Gasteiger partial charge on any atom is -0.348 e. The quantitative estimate of drug-likeness (QED) is 0.827. The largest absolute Gasteiger partial charge is 0.348 e. The van der Waals surface area contributed by atoms with Gasteiger partial charge < -0.3 is 10.2 Å². The Morgan fingerprint density at radius 1 is 1.19 bits per heavy atom. The lowest BCUT2D eigenvalue weighted by molar-refractivity contribution is -0.117. The summed E-state index contributed by atoms with van der Waals surface area (Å²) in [5, 5.41) is 2.84. The number of benzene rings is 2. The lowest BCUT2D eigenvalue weighted by atomic mass is 10.1. The molecule has 0 saturated carbocycles. The highest BCUT2D eigenvalue weighted by Crippen LogP contribution is 2.23. The van der Waals surface area contributed by atoms with Crippen molar-refractivity contribution < 1.29 is 18.0 Å². The van der Waals surface area contributed by atoms with Crippen LogP contribution in [0.3, 0.4) is 0 Å². The Hall–Kier alpha value is -2.38. The third kappa shape index (κ3) is 4.48. The van der Waals surface area contributed by atoms with Crippen LogP contribution in [0.5, 0.6) is 0 Å². The van der Waals surface area contributed by atoms with E-state index in [1.165, 1.54) is 18.2 Å². The monoisotopic (exact) mass is 406 g/mol. The highest BCUT2D eigenvalue weighted by molar-refractivity contribution is 7.90. The smallest absolute Gasteiger partial charge is 0.251 e. The molecule has 1 fully saturated rings. The maximum absolute atomic E-state index is 12.3. The molecular formula is C19H19ClN2O4S. The van der Waals surface area contributed by atoms with Crippen LogP contribution >= 0.6 is 11.6 Å². The number of anilines is 1. The predicted octanol–water partition coefficient (Wildman–Crippen LogP) is 2.80. The van der Waals surface area contributed by atoms with E-state index >= 15 is 0 Å². The normalized spacial score (nSPS) is 14.4. The maximum atomic E-state index is 12.3. The molecule has 2 amide bonds. The van der Waals surface area contributed by atoms with Crippen LogP contribution in [-0.2, 0) is 21.2 Å². The van der Waals surface area contributed by atoms with Crippen LogP contribution in [0, 0.1) is 0 Å². The number of nitrogens with zero attached hydrogens (tertiary/aromatic N) is 1. The molecule has 27 heavy (non-hydrogen) atoms. The zero-order valence-corrected chi connectivity index (χ0v) is 16.3. The molecule has 1 aliphatic rings. The summed E-state index contributed by atoms with van der Waals surface area (Å²) < 4.78 is 23.5. The van der Waals surface area contributed by atoms with Crippen molar-refractivity contribution in [2.24, 2.45) is 0 Å². The molecule has 6 nitrogen and oxygen atoms in total. The number of sulfone groups is 1. The first-order chi connectivity index (χ1) is 12.8. The van der Waals surface area contributed by atoms with E-state index in [4.69, 9.17) is 11.6 Å². The van der Waals surface area contributed by atoms with Crippen LogP contribution in [0.2, 0.25) is 5.02 Å². The molecule has 1 heterocycles. The Bertz CT molecular complexity index is 987. The molecule has 3 rings (SSSR count). The van der Waals surface area contributed by atoms with E-state index in [1.54, 1.807) is 4.90 Å². The van der Waals surface area contributed by atoms with Gasteiger partial charge in [-0.1, -0.05) is 23.7 Å². The van der Waals surface area contributed by atoms with Gasteiger partial charge in [0.15, 0.2) is 9.84 Å². The number of rotatable bonds is 5. The van der Waals surface area contributed by atoms with E-state index < -0.39 is 15.7 Å². The van der Waals surface area contributed by atoms with Gasteiger partial charge >= 0.3 is 0 Å². The van der Waals surface area contributed by atoms with Crippen LogP contribution in [-0.4, -0.2) is 33.0 Å². The Morgan fingerprint density at radius 3 is 2.48 bits per heavy atom. The second kappa shape index (κ2) is 7.70. The van der Waals surface area contributed by atoms with Gasteiger partial charge in [0.25, 0.3) is 5.91 Å². The summed E-state index contributed by atoms with van der Waals surface area (Å²) in [6.45, 7) is 1.01. The lowest BCUT2D eigenvalue weighted by Crippen LogP contribution is -2.24. The van der Waals surface area contributed by atoms with E-state index in [-0.39, 0.29) is 27.9 Å². The first kappa shape index (κ1) is 19.4. The van der Waals surface area contributed by atoms with Gasteiger partial charge in [0, 0.05) is 37.0 Å². The van der Waals surface area contributed by atoms with Crippen LogP contribution < -0.4 is 10.2 Å². The van der Waals surface area contributed by atoms with Gasteiger partial charge in [-0.25, -0.2) is 8.42 Å². The van der Waals surface area contributed by atoms with Crippen molar-refractivity contribution in [1.29, 1.82) is 0 Å². The molecule has 2 aromatic rings. The number of hydrogen-bond acceptors (Lipinski definition) is 4. The summed E-state index contributed by atoms with van der Waals surface area (Å²) in [5.41, 5.74) is 1.94. The second-order valence-electron chi connectivity index (χ2n) is 6.42. The molecule has 0 spiro atoms. The van der Waals surface area contributed by atoms with Crippen LogP contribution in [0.25, 0.3) is 0 Å². The molecule has 0 atom stereocenters. The number of hydrogen-bond donors (Lipinski definition) is 1. The van der Waals surface area contributed by atoms with Gasteiger partial charge in [0.2, 0.25) is 5.91 Å². The highest BCUT2D eigenvalue weighted by Gasteiger charge is 2.21. The summed E-state index contributed by atoms with van der Waals surface area (Å²) in [5.74, 6) is -0.268. The van der Waals surface area contributed by atoms with Gasteiger partial charge in [-0.3, -0.25) is 9.59 Å². The summed E-state index contributed by atoms with van der Waals surface area (Å²) in [6, 6.07) is 11.6.